The lowest BCUT2D eigenvalue weighted by Gasteiger charge is -2.17. The maximum atomic E-state index is 12.6. The van der Waals surface area contributed by atoms with E-state index in [1.54, 1.807) is 25.3 Å². The number of carbonyl (C=O) groups excluding carboxylic acids is 2. The Balaban J connectivity index is 2.08. The number of carbonyl (C=O) groups is 2. The summed E-state index contributed by atoms with van der Waals surface area (Å²) in [6.45, 7) is 2.66. The lowest BCUT2D eigenvalue weighted by molar-refractivity contribution is -0.134. The Morgan fingerprint density at radius 3 is 2.48 bits per heavy atom. The van der Waals surface area contributed by atoms with Crippen LogP contribution in [0.4, 0.5) is 5.69 Å². The first-order valence-electron chi connectivity index (χ1n) is 7.89. The molecule has 6 nitrogen and oxygen atoms in total. The van der Waals surface area contributed by atoms with Crippen LogP contribution >= 0.6 is 0 Å². The normalized spacial score (nSPS) is 14.7. The van der Waals surface area contributed by atoms with Gasteiger partial charge in [-0.25, -0.2) is 0 Å². The van der Waals surface area contributed by atoms with E-state index in [2.05, 4.69) is 17.6 Å². The van der Waals surface area contributed by atoms with Gasteiger partial charge in [0.2, 0.25) is 11.8 Å². The summed E-state index contributed by atoms with van der Waals surface area (Å²) in [5, 5.41) is 5.65. The average molecular weight is 320 g/mol. The molecule has 1 aromatic rings. The first-order chi connectivity index (χ1) is 11.1. The van der Waals surface area contributed by atoms with Gasteiger partial charge in [0.05, 0.1) is 19.9 Å². The molecule has 1 aliphatic rings. The largest absolute Gasteiger partial charge is 0.497 e. The molecule has 0 heterocycles. The van der Waals surface area contributed by atoms with Crippen molar-refractivity contribution in [2.24, 2.45) is 5.41 Å². The third-order valence-corrected chi connectivity index (χ3v) is 4.09. The molecule has 6 heteroatoms. The van der Waals surface area contributed by atoms with Gasteiger partial charge in [0.1, 0.15) is 16.9 Å². The highest BCUT2D eigenvalue weighted by molar-refractivity contribution is 6.13. The number of ether oxygens (including phenoxy) is 2. The van der Waals surface area contributed by atoms with E-state index < -0.39 is 5.41 Å². The fourth-order valence-corrected chi connectivity index (χ4v) is 2.38. The SMILES string of the molecule is CCCCNC(=O)C1(C(=O)Nc2cc(OC)ccc2OC)CC1. The molecule has 23 heavy (non-hydrogen) atoms. The Bertz CT molecular complexity index is 582. The summed E-state index contributed by atoms with van der Waals surface area (Å²) < 4.78 is 10.4. The van der Waals surface area contributed by atoms with Crippen LogP contribution in [-0.4, -0.2) is 32.6 Å². The molecule has 2 N–H and O–H groups in total. The molecule has 1 aliphatic carbocycles. The summed E-state index contributed by atoms with van der Waals surface area (Å²) in [6.07, 6.45) is 3.06. The van der Waals surface area contributed by atoms with Crippen LogP contribution in [0, 0.1) is 5.41 Å². The van der Waals surface area contributed by atoms with Crippen molar-refractivity contribution in [3.8, 4) is 11.5 Å². The van der Waals surface area contributed by atoms with Gasteiger partial charge in [-0.1, -0.05) is 13.3 Å². The molecular weight excluding hydrogens is 296 g/mol. The Kier molecular flexibility index (Phi) is 5.47. The molecule has 0 atom stereocenters. The van der Waals surface area contributed by atoms with Gasteiger partial charge < -0.3 is 20.1 Å². The fraction of sp³-hybridized carbons (Fsp3) is 0.529. The highest BCUT2D eigenvalue weighted by Crippen LogP contribution is 2.47. The van der Waals surface area contributed by atoms with Crippen molar-refractivity contribution in [1.29, 1.82) is 0 Å². The van der Waals surface area contributed by atoms with E-state index in [1.807, 2.05) is 0 Å². The van der Waals surface area contributed by atoms with Gasteiger partial charge in [0, 0.05) is 12.6 Å². The topological polar surface area (TPSA) is 76.7 Å². The predicted octanol–water partition coefficient (Wildman–Crippen LogP) is 2.34. The van der Waals surface area contributed by atoms with Crippen LogP contribution in [0.25, 0.3) is 0 Å². The van der Waals surface area contributed by atoms with E-state index in [-0.39, 0.29) is 11.8 Å². The molecule has 1 fully saturated rings. The zero-order valence-electron chi connectivity index (χ0n) is 13.9. The van der Waals surface area contributed by atoms with Crippen LogP contribution in [0.1, 0.15) is 32.6 Å². The van der Waals surface area contributed by atoms with Crippen LogP contribution in [0.2, 0.25) is 0 Å². The van der Waals surface area contributed by atoms with E-state index in [0.29, 0.717) is 36.6 Å². The molecule has 1 aromatic carbocycles. The molecule has 0 aromatic heterocycles. The molecule has 0 spiro atoms. The van der Waals surface area contributed by atoms with Gasteiger partial charge in [0.15, 0.2) is 0 Å². The summed E-state index contributed by atoms with van der Waals surface area (Å²) >= 11 is 0. The van der Waals surface area contributed by atoms with Crippen LogP contribution in [-0.2, 0) is 9.59 Å². The molecule has 1 saturated carbocycles. The number of methoxy groups -OCH3 is 2. The minimum Gasteiger partial charge on any atom is -0.497 e. The van der Waals surface area contributed by atoms with Gasteiger partial charge in [0.25, 0.3) is 0 Å². The van der Waals surface area contributed by atoms with Gasteiger partial charge in [-0.2, -0.15) is 0 Å². The third-order valence-electron chi connectivity index (χ3n) is 4.09. The zero-order chi connectivity index (χ0) is 16.9. The Morgan fingerprint density at radius 1 is 1.17 bits per heavy atom. The van der Waals surface area contributed by atoms with Crippen molar-refractivity contribution < 1.29 is 19.1 Å². The standard InChI is InChI=1S/C17H24N2O4/c1-4-5-10-18-15(20)17(8-9-17)16(21)19-13-11-12(22-2)6-7-14(13)23-3/h6-7,11H,4-5,8-10H2,1-3H3,(H,18,20)(H,19,21). The molecule has 0 aliphatic heterocycles. The van der Waals surface area contributed by atoms with Crippen LogP contribution in [0.3, 0.4) is 0 Å². The monoisotopic (exact) mass is 320 g/mol. The first-order valence-corrected chi connectivity index (χ1v) is 7.89. The van der Waals surface area contributed by atoms with Crippen molar-refractivity contribution in [1.82, 2.24) is 5.32 Å². The second-order valence-corrected chi connectivity index (χ2v) is 5.71. The minimum atomic E-state index is -0.943. The van der Waals surface area contributed by atoms with Crippen LogP contribution in [0.15, 0.2) is 18.2 Å². The number of hydrogen-bond donors (Lipinski definition) is 2. The van der Waals surface area contributed by atoms with E-state index in [4.69, 9.17) is 9.47 Å². The Hall–Kier alpha value is -2.24. The number of nitrogens with one attached hydrogen (secondary N) is 2. The molecule has 2 amide bonds. The van der Waals surface area contributed by atoms with Crippen LogP contribution in [0.5, 0.6) is 11.5 Å². The maximum absolute atomic E-state index is 12.6. The van der Waals surface area contributed by atoms with E-state index in [1.165, 1.54) is 7.11 Å². The minimum absolute atomic E-state index is 0.190. The second-order valence-electron chi connectivity index (χ2n) is 5.71. The van der Waals surface area contributed by atoms with Crippen molar-refractivity contribution in [2.75, 3.05) is 26.1 Å². The molecule has 0 radical (unpaired) electrons. The van der Waals surface area contributed by atoms with Gasteiger partial charge in [-0.3, -0.25) is 9.59 Å². The molecule has 0 unspecified atom stereocenters. The lowest BCUT2D eigenvalue weighted by Crippen LogP contribution is -2.40. The Labute approximate surface area is 136 Å². The van der Waals surface area contributed by atoms with E-state index in [0.717, 1.165) is 12.8 Å². The third kappa shape index (κ3) is 3.75. The number of anilines is 1. The van der Waals surface area contributed by atoms with Crippen molar-refractivity contribution >= 4 is 17.5 Å². The predicted molar refractivity (Wildman–Crippen MR) is 87.8 cm³/mol. The summed E-state index contributed by atoms with van der Waals surface area (Å²) in [6, 6.07) is 5.15. The number of benzene rings is 1. The van der Waals surface area contributed by atoms with Crippen molar-refractivity contribution in [3.63, 3.8) is 0 Å². The van der Waals surface area contributed by atoms with E-state index in [9.17, 15) is 9.59 Å². The molecular formula is C17H24N2O4. The smallest absolute Gasteiger partial charge is 0.240 e. The van der Waals surface area contributed by atoms with Crippen molar-refractivity contribution in [2.45, 2.75) is 32.6 Å². The molecule has 2 rings (SSSR count). The number of hydrogen-bond acceptors (Lipinski definition) is 4. The number of unbranched alkanes of at least 4 members (excludes halogenated alkanes) is 1. The summed E-state index contributed by atoms with van der Waals surface area (Å²) in [5.41, 5.74) is -0.438. The first kappa shape index (κ1) is 17.1. The molecule has 0 bridgehead atoms. The van der Waals surface area contributed by atoms with Crippen molar-refractivity contribution in [3.05, 3.63) is 18.2 Å². The number of rotatable bonds is 8. The average Bonchev–Trinajstić information content (AvgIpc) is 3.36. The maximum Gasteiger partial charge on any atom is 0.240 e. The van der Waals surface area contributed by atoms with E-state index >= 15 is 0 Å². The number of amides is 2. The van der Waals surface area contributed by atoms with Gasteiger partial charge in [-0.15, -0.1) is 0 Å². The van der Waals surface area contributed by atoms with Gasteiger partial charge in [-0.05, 0) is 31.4 Å². The zero-order valence-corrected chi connectivity index (χ0v) is 13.9. The summed E-state index contributed by atoms with van der Waals surface area (Å²) in [4.78, 5) is 24.9. The molecule has 0 saturated heterocycles. The molecule has 126 valence electrons. The second kappa shape index (κ2) is 7.35. The highest BCUT2D eigenvalue weighted by atomic mass is 16.5. The highest BCUT2D eigenvalue weighted by Gasteiger charge is 2.56. The summed E-state index contributed by atoms with van der Waals surface area (Å²) in [5.74, 6) is 0.656. The van der Waals surface area contributed by atoms with Gasteiger partial charge >= 0.3 is 0 Å². The quantitative estimate of drug-likeness (QED) is 0.569. The fourth-order valence-electron chi connectivity index (χ4n) is 2.38. The Morgan fingerprint density at radius 2 is 1.91 bits per heavy atom. The lowest BCUT2D eigenvalue weighted by atomic mass is 10.0. The summed E-state index contributed by atoms with van der Waals surface area (Å²) in [7, 11) is 3.08. The van der Waals surface area contributed by atoms with Crippen LogP contribution < -0.4 is 20.1 Å².